The molecule has 1 saturated heterocycles. The summed E-state index contributed by atoms with van der Waals surface area (Å²) >= 11 is 0. The first-order valence-corrected chi connectivity index (χ1v) is 12.6. The molecule has 0 radical (unpaired) electrons. The average molecular weight is 458 g/mol. The molecule has 1 aliphatic heterocycles. The highest BCUT2D eigenvalue weighted by Gasteiger charge is 2.33. The van der Waals surface area contributed by atoms with Crippen molar-refractivity contribution in [3.05, 3.63) is 66.2 Å². The van der Waals surface area contributed by atoms with Gasteiger partial charge in [-0.05, 0) is 49.8 Å². The third-order valence-electron chi connectivity index (χ3n) is 5.66. The van der Waals surface area contributed by atoms with Crippen LogP contribution in [0.25, 0.3) is 0 Å². The molecule has 3 rings (SSSR count). The van der Waals surface area contributed by atoms with E-state index in [1.165, 1.54) is 5.56 Å². The molecule has 0 unspecified atom stereocenters. The van der Waals surface area contributed by atoms with Crippen molar-refractivity contribution in [2.24, 2.45) is 0 Å². The Morgan fingerprint density at radius 1 is 0.875 bits per heavy atom. The molecule has 0 aliphatic carbocycles. The van der Waals surface area contributed by atoms with Gasteiger partial charge in [-0.25, -0.2) is 8.42 Å². The number of benzene rings is 2. The molecule has 8 heteroatoms. The minimum absolute atomic E-state index is 0.191. The van der Waals surface area contributed by atoms with Crippen LogP contribution in [0.1, 0.15) is 37.7 Å². The van der Waals surface area contributed by atoms with Gasteiger partial charge >= 0.3 is 11.8 Å². The van der Waals surface area contributed by atoms with Gasteiger partial charge in [0.05, 0.1) is 4.90 Å². The van der Waals surface area contributed by atoms with Gasteiger partial charge in [0.2, 0.25) is 10.0 Å². The van der Waals surface area contributed by atoms with Crippen LogP contribution < -0.4 is 10.6 Å². The number of nitrogens with zero attached hydrogens (tertiary/aromatic N) is 1. The minimum Gasteiger partial charge on any atom is -0.348 e. The predicted octanol–water partition coefficient (Wildman–Crippen LogP) is 2.49. The summed E-state index contributed by atoms with van der Waals surface area (Å²) in [5.74, 6) is -1.34. The van der Waals surface area contributed by atoms with Gasteiger partial charge in [0.15, 0.2) is 0 Å². The lowest BCUT2D eigenvalue weighted by atomic mass is 10.0. The zero-order valence-electron chi connectivity index (χ0n) is 18.2. The van der Waals surface area contributed by atoms with Crippen molar-refractivity contribution in [2.75, 3.05) is 19.6 Å². The maximum Gasteiger partial charge on any atom is 0.309 e. The predicted molar refractivity (Wildman–Crippen MR) is 123 cm³/mol. The molecule has 7 nitrogen and oxygen atoms in total. The number of carbonyl (C=O) groups is 2. The SMILES string of the molecule is O=C(NCCCc1ccccc1)C(=O)NCC[C@H]1CCCCN1S(=O)(=O)c1ccccc1. The monoisotopic (exact) mass is 457 g/mol. The molecule has 2 aromatic carbocycles. The molecule has 1 aliphatic rings. The van der Waals surface area contributed by atoms with Crippen LogP contribution in [0.5, 0.6) is 0 Å². The molecule has 1 atom stereocenters. The molecule has 0 spiro atoms. The fourth-order valence-electron chi connectivity index (χ4n) is 3.96. The summed E-state index contributed by atoms with van der Waals surface area (Å²) in [5, 5.41) is 5.27. The Hall–Kier alpha value is -2.71. The van der Waals surface area contributed by atoms with Crippen molar-refractivity contribution < 1.29 is 18.0 Å². The van der Waals surface area contributed by atoms with Crippen molar-refractivity contribution in [1.29, 1.82) is 0 Å². The summed E-state index contributed by atoms with van der Waals surface area (Å²) in [4.78, 5) is 24.4. The number of piperidine rings is 1. The van der Waals surface area contributed by atoms with Gasteiger partial charge in [0.1, 0.15) is 0 Å². The zero-order chi connectivity index (χ0) is 22.8. The number of sulfonamides is 1. The molecule has 2 N–H and O–H groups in total. The normalized spacial score (nSPS) is 16.9. The van der Waals surface area contributed by atoms with Crippen LogP contribution in [0.15, 0.2) is 65.6 Å². The number of rotatable bonds is 9. The summed E-state index contributed by atoms with van der Waals surface area (Å²) < 4.78 is 27.6. The van der Waals surface area contributed by atoms with Crippen molar-refractivity contribution in [3.8, 4) is 0 Å². The zero-order valence-corrected chi connectivity index (χ0v) is 19.0. The van der Waals surface area contributed by atoms with Crippen molar-refractivity contribution in [2.45, 2.75) is 49.5 Å². The quantitative estimate of drug-likeness (QED) is 0.447. The number of hydrogen-bond donors (Lipinski definition) is 2. The lowest BCUT2D eigenvalue weighted by Crippen LogP contribution is -2.46. The second-order valence-corrected chi connectivity index (χ2v) is 9.86. The van der Waals surface area contributed by atoms with E-state index < -0.39 is 21.8 Å². The van der Waals surface area contributed by atoms with E-state index in [4.69, 9.17) is 0 Å². The Labute approximate surface area is 190 Å². The van der Waals surface area contributed by atoms with Crippen LogP contribution in [-0.4, -0.2) is 50.2 Å². The Morgan fingerprint density at radius 2 is 1.50 bits per heavy atom. The average Bonchev–Trinajstić information content (AvgIpc) is 2.83. The second-order valence-electron chi connectivity index (χ2n) is 7.97. The number of nitrogens with one attached hydrogen (secondary N) is 2. The fraction of sp³-hybridized carbons (Fsp3) is 0.417. The fourth-order valence-corrected chi connectivity index (χ4v) is 5.70. The van der Waals surface area contributed by atoms with E-state index in [0.717, 1.165) is 32.1 Å². The first-order chi connectivity index (χ1) is 15.5. The molecular weight excluding hydrogens is 426 g/mol. The first kappa shape index (κ1) is 23.9. The summed E-state index contributed by atoms with van der Waals surface area (Å²) in [5.41, 5.74) is 1.19. The van der Waals surface area contributed by atoms with Gasteiger partial charge < -0.3 is 10.6 Å². The Morgan fingerprint density at radius 3 is 2.19 bits per heavy atom. The molecule has 172 valence electrons. The second kappa shape index (κ2) is 11.8. The maximum absolute atomic E-state index is 13.0. The molecule has 0 aromatic heterocycles. The maximum atomic E-state index is 13.0. The smallest absolute Gasteiger partial charge is 0.309 e. The van der Waals surface area contributed by atoms with Gasteiger partial charge in [0.25, 0.3) is 0 Å². The van der Waals surface area contributed by atoms with E-state index in [9.17, 15) is 18.0 Å². The molecule has 2 aromatic rings. The van der Waals surface area contributed by atoms with E-state index in [1.807, 2.05) is 30.3 Å². The van der Waals surface area contributed by atoms with Crippen molar-refractivity contribution in [3.63, 3.8) is 0 Å². The highest BCUT2D eigenvalue weighted by Crippen LogP contribution is 2.26. The van der Waals surface area contributed by atoms with Crippen LogP contribution >= 0.6 is 0 Å². The number of amides is 2. The van der Waals surface area contributed by atoms with Crippen LogP contribution in [0, 0.1) is 0 Å². The third kappa shape index (κ3) is 6.64. The Kier molecular flexibility index (Phi) is 8.81. The van der Waals surface area contributed by atoms with Crippen molar-refractivity contribution in [1.82, 2.24) is 14.9 Å². The Bertz CT molecular complexity index is 981. The number of carbonyl (C=O) groups excluding carboxylic acids is 2. The van der Waals surface area contributed by atoms with Crippen molar-refractivity contribution >= 4 is 21.8 Å². The van der Waals surface area contributed by atoms with Gasteiger partial charge in [-0.15, -0.1) is 0 Å². The summed E-state index contributed by atoms with van der Waals surface area (Å²) in [6.45, 7) is 1.15. The minimum atomic E-state index is -3.57. The summed E-state index contributed by atoms with van der Waals surface area (Å²) in [7, 11) is -3.57. The number of hydrogen-bond acceptors (Lipinski definition) is 4. The highest BCUT2D eigenvalue weighted by molar-refractivity contribution is 7.89. The topological polar surface area (TPSA) is 95.6 Å². The molecule has 1 heterocycles. The van der Waals surface area contributed by atoms with Crippen LogP contribution in [0.2, 0.25) is 0 Å². The van der Waals surface area contributed by atoms with E-state index >= 15 is 0 Å². The molecular formula is C24H31N3O4S. The molecule has 0 bridgehead atoms. The largest absolute Gasteiger partial charge is 0.348 e. The van der Waals surface area contributed by atoms with E-state index in [1.54, 1.807) is 34.6 Å². The van der Waals surface area contributed by atoms with E-state index in [-0.39, 0.29) is 17.5 Å². The number of aryl methyl sites for hydroxylation is 1. The molecule has 0 saturated carbocycles. The van der Waals surface area contributed by atoms with E-state index in [0.29, 0.717) is 19.5 Å². The highest BCUT2D eigenvalue weighted by atomic mass is 32.2. The summed E-state index contributed by atoms with van der Waals surface area (Å²) in [6.07, 6.45) is 4.56. The first-order valence-electron chi connectivity index (χ1n) is 11.2. The van der Waals surface area contributed by atoms with Crippen LogP contribution in [0.3, 0.4) is 0 Å². The van der Waals surface area contributed by atoms with Crippen LogP contribution in [-0.2, 0) is 26.0 Å². The molecule has 2 amide bonds. The standard InChI is InChI=1S/C24H31N3O4S/c28-23(25-17-9-12-20-10-3-1-4-11-20)24(29)26-18-16-21-13-7-8-19-27(21)32(30,31)22-14-5-2-6-15-22/h1-6,10-11,14-15,21H,7-9,12-13,16-19H2,(H,25,28)(H,26,29)/t21-/m1/s1. The van der Waals surface area contributed by atoms with Crippen LogP contribution in [0.4, 0.5) is 0 Å². The lowest BCUT2D eigenvalue weighted by Gasteiger charge is -2.34. The van der Waals surface area contributed by atoms with Gasteiger partial charge in [-0.3, -0.25) is 9.59 Å². The van der Waals surface area contributed by atoms with Gasteiger partial charge in [0, 0.05) is 25.7 Å². The summed E-state index contributed by atoms with van der Waals surface area (Å²) in [6, 6.07) is 18.2. The Balaban J connectivity index is 1.42. The van der Waals surface area contributed by atoms with Gasteiger partial charge in [-0.2, -0.15) is 4.31 Å². The third-order valence-corrected chi connectivity index (χ3v) is 7.63. The molecule has 1 fully saturated rings. The van der Waals surface area contributed by atoms with E-state index in [2.05, 4.69) is 10.6 Å². The lowest BCUT2D eigenvalue weighted by molar-refractivity contribution is -0.139. The molecule has 32 heavy (non-hydrogen) atoms. The van der Waals surface area contributed by atoms with Gasteiger partial charge in [-0.1, -0.05) is 55.0 Å².